The molecule has 3 atom stereocenters. The predicted octanol–water partition coefficient (Wildman–Crippen LogP) is 4.11. The molecule has 2 rings (SSSR count). The van der Waals surface area contributed by atoms with Crippen molar-refractivity contribution >= 4 is 11.8 Å². The lowest BCUT2D eigenvalue weighted by Gasteiger charge is -2.30. The number of thioether (sulfide) groups is 1. The van der Waals surface area contributed by atoms with Crippen LogP contribution in [0.4, 0.5) is 4.39 Å². The van der Waals surface area contributed by atoms with Gasteiger partial charge in [0.05, 0.1) is 6.10 Å². The van der Waals surface area contributed by atoms with Gasteiger partial charge in [0.2, 0.25) is 0 Å². The Labute approximate surface area is 113 Å². The zero-order valence-corrected chi connectivity index (χ0v) is 11.6. The molecule has 0 aliphatic heterocycles. The van der Waals surface area contributed by atoms with Crippen LogP contribution < -0.4 is 0 Å². The average molecular weight is 268 g/mol. The lowest BCUT2D eigenvalue weighted by molar-refractivity contribution is 0.0902. The standard InChI is InChI=1S/C15H21FOS/c1-11-5-4-6-12(9-11)14(17)10-18-15-8-3-2-7-13(15)16/h2-3,7-8,11-12,14,17H,4-6,9-10H2,1H3. The fraction of sp³-hybridized carbons (Fsp3) is 0.600. The highest BCUT2D eigenvalue weighted by Gasteiger charge is 2.25. The Balaban J connectivity index is 1.84. The molecule has 0 bridgehead atoms. The van der Waals surface area contributed by atoms with E-state index < -0.39 is 0 Å². The summed E-state index contributed by atoms with van der Waals surface area (Å²) in [6.07, 6.45) is 4.41. The van der Waals surface area contributed by atoms with Crippen LogP contribution in [0.3, 0.4) is 0 Å². The Hall–Kier alpha value is -0.540. The molecule has 1 fully saturated rings. The summed E-state index contributed by atoms with van der Waals surface area (Å²) in [5, 5.41) is 10.2. The van der Waals surface area contributed by atoms with E-state index in [-0.39, 0.29) is 11.9 Å². The highest BCUT2D eigenvalue weighted by molar-refractivity contribution is 7.99. The smallest absolute Gasteiger partial charge is 0.136 e. The van der Waals surface area contributed by atoms with Crippen molar-refractivity contribution in [2.24, 2.45) is 11.8 Å². The number of hydrogen-bond acceptors (Lipinski definition) is 2. The summed E-state index contributed by atoms with van der Waals surface area (Å²) >= 11 is 1.43. The van der Waals surface area contributed by atoms with Gasteiger partial charge in [0, 0.05) is 10.6 Å². The van der Waals surface area contributed by atoms with Crippen molar-refractivity contribution in [2.45, 2.75) is 43.6 Å². The molecule has 0 amide bonds. The maximum Gasteiger partial charge on any atom is 0.136 e. The number of benzene rings is 1. The summed E-state index contributed by atoms with van der Waals surface area (Å²) in [6, 6.07) is 6.77. The number of aliphatic hydroxyl groups is 1. The van der Waals surface area contributed by atoms with E-state index in [9.17, 15) is 9.50 Å². The molecule has 1 N–H and O–H groups in total. The Morgan fingerprint density at radius 3 is 2.89 bits per heavy atom. The summed E-state index contributed by atoms with van der Waals surface area (Å²) in [6.45, 7) is 2.25. The highest BCUT2D eigenvalue weighted by atomic mass is 32.2. The lowest BCUT2D eigenvalue weighted by Crippen LogP contribution is -2.27. The van der Waals surface area contributed by atoms with E-state index in [4.69, 9.17) is 0 Å². The Morgan fingerprint density at radius 2 is 2.17 bits per heavy atom. The minimum Gasteiger partial charge on any atom is -0.392 e. The maximum absolute atomic E-state index is 13.4. The molecule has 0 spiro atoms. The third kappa shape index (κ3) is 3.72. The van der Waals surface area contributed by atoms with Gasteiger partial charge in [-0.1, -0.05) is 31.9 Å². The molecule has 0 saturated heterocycles. The zero-order chi connectivity index (χ0) is 13.0. The molecule has 3 heteroatoms. The third-order valence-electron chi connectivity index (χ3n) is 3.77. The summed E-state index contributed by atoms with van der Waals surface area (Å²) in [5.41, 5.74) is 0. The van der Waals surface area contributed by atoms with Crippen LogP contribution in [0.15, 0.2) is 29.2 Å². The van der Waals surface area contributed by atoms with Crippen LogP contribution in [-0.4, -0.2) is 17.0 Å². The fourth-order valence-electron chi connectivity index (χ4n) is 2.70. The van der Waals surface area contributed by atoms with Gasteiger partial charge in [-0.15, -0.1) is 11.8 Å². The number of rotatable bonds is 4. The van der Waals surface area contributed by atoms with E-state index >= 15 is 0 Å². The SMILES string of the molecule is CC1CCCC(C(O)CSc2ccccc2F)C1. The maximum atomic E-state index is 13.4. The van der Waals surface area contributed by atoms with Crippen LogP contribution >= 0.6 is 11.8 Å². The predicted molar refractivity (Wildman–Crippen MR) is 74.3 cm³/mol. The number of aliphatic hydroxyl groups excluding tert-OH is 1. The lowest BCUT2D eigenvalue weighted by atomic mass is 9.80. The third-order valence-corrected chi connectivity index (χ3v) is 4.92. The number of hydrogen-bond donors (Lipinski definition) is 1. The van der Waals surface area contributed by atoms with Crippen molar-refractivity contribution in [3.8, 4) is 0 Å². The summed E-state index contributed by atoms with van der Waals surface area (Å²) in [4.78, 5) is 0.639. The molecular weight excluding hydrogens is 247 g/mol. The molecule has 0 heterocycles. The summed E-state index contributed by atoms with van der Waals surface area (Å²) < 4.78 is 13.4. The van der Waals surface area contributed by atoms with Crippen LogP contribution in [0, 0.1) is 17.7 Å². The van der Waals surface area contributed by atoms with Crippen molar-refractivity contribution < 1.29 is 9.50 Å². The Bertz CT molecular complexity index is 383. The van der Waals surface area contributed by atoms with Gasteiger partial charge in [-0.3, -0.25) is 0 Å². The molecular formula is C15H21FOS. The van der Waals surface area contributed by atoms with E-state index in [1.165, 1.54) is 30.7 Å². The van der Waals surface area contributed by atoms with E-state index in [2.05, 4.69) is 6.92 Å². The minimum atomic E-state index is -0.308. The van der Waals surface area contributed by atoms with Gasteiger partial charge in [0.1, 0.15) is 5.82 Å². The van der Waals surface area contributed by atoms with Gasteiger partial charge < -0.3 is 5.11 Å². The Morgan fingerprint density at radius 1 is 1.39 bits per heavy atom. The molecule has 18 heavy (non-hydrogen) atoms. The monoisotopic (exact) mass is 268 g/mol. The van der Waals surface area contributed by atoms with Crippen molar-refractivity contribution in [1.29, 1.82) is 0 Å². The molecule has 1 saturated carbocycles. The first kappa shape index (κ1) is 13.9. The largest absolute Gasteiger partial charge is 0.392 e. The molecule has 1 aliphatic carbocycles. The average Bonchev–Trinajstić information content (AvgIpc) is 2.37. The molecule has 1 nitrogen and oxygen atoms in total. The molecule has 0 aromatic heterocycles. The van der Waals surface area contributed by atoms with Gasteiger partial charge in [-0.2, -0.15) is 0 Å². The van der Waals surface area contributed by atoms with Crippen LogP contribution in [-0.2, 0) is 0 Å². The normalized spacial score (nSPS) is 25.9. The summed E-state index contributed by atoms with van der Waals surface area (Å²) in [7, 11) is 0. The van der Waals surface area contributed by atoms with Gasteiger partial charge in [-0.05, 0) is 36.8 Å². The topological polar surface area (TPSA) is 20.2 Å². The van der Waals surface area contributed by atoms with Crippen LogP contribution in [0.1, 0.15) is 32.6 Å². The molecule has 3 unspecified atom stereocenters. The van der Waals surface area contributed by atoms with Gasteiger partial charge >= 0.3 is 0 Å². The second-order valence-electron chi connectivity index (χ2n) is 5.34. The molecule has 100 valence electrons. The van der Waals surface area contributed by atoms with Gasteiger partial charge in [-0.25, -0.2) is 4.39 Å². The van der Waals surface area contributed by atoms with E-state index in [0.29, 0.717) is 16.6 Å². The minimum absolute atomic E-state index is 0.188. The first-order valence-corrected chi connectivity index (χ1v) is 7.70. The summed E-state index contributed by atoms with van der Waals surface area (Å²) in [5.74, 6) is 1.52. The quantitative estimate of drug-likeness (QED) is 0.829. The fourth-order valence-corrected chi connectivity index (χ4v) is 3.71. The molecule has 1 aliphatic rings. The van der Waals surface area contributed by atoms with Crippen LogP contribution in [0.2, 0.25) is 0 Å². The van der Waals surface area contributed by atoms with Gasteiger partial charge in [0.15, 0.2) is 0 Å². The second-order valence-corrected chi connectivity index (χ2v) is 6.40. The first-order chi connectivity index (χ1) is 8.66. The van der Waals surface area contributed by atoms with Crippen molar-refractivity contribution in [3.05, 3.63) is 30.1 Å². The zero-order valence-electron chi connectivity index (χ0n) is 10.8. The first-order valence-electron chi connectivity index (χ1n) is 6.72. The Kier molecular flexibility index (Phi) is 5.07. The van der Waals surface area contributed by atoms with Gasteiger partial charge in [0.25, 0.3) is 0 Å². The van der Waals surface area contributed by atoms with Crippen LogP contribution in [0.5, 0.6) is 0 Å². The van der Waals surface area contributed by atoms with Crippen molar-refractivity contribution in [3.63, 3.8) is 0 Å². The second kappa shape index (κ2) is 6.58. The molecule has 1 aromatic carbocycles. The van der Waals surface area contributed by atoms with E-state index in [0.717, 1.165) is 18.8 Å². The molecule has 1 aromatic rings. The van der Waals surface area contributed by atoms with Crippen molar-refractivity contribution in [2.75, 3.05) is 5.75 Å². The van der Waals surface area contributed by atoms with Crippen molar-refractivity contribution in [1.82, 2.24) is 0 Å². The number of halogens is 1. The highest BCUT2D eigenvalue weighted by Crippen LogP contribution is 2.33. The van der Waals surface area contributed by atoms with Crippen LogP contribution in [0.25, 0.3) is 0 Å². The van der Waals surface area contributed by atoms with E-state index in [1.54, 1.807) is 12.1 Å². The molecule has 0 radical (unpaired) electrons. The van der Waals surface area contributed by atoms with E-state index in [1.807, 2.05) is 6.07 Å².